The molecule has 0 aromatic heterocycles. The molecule has 0 heterocycles. The van der Waals surface area contributed by atoms with Crippen LogP contribution in [0.15, 0.2) is 36.4 Å². The molecule has 0 fully saturated rings. The van der Waals surface area contributed by atoms with Crippen LogP contribution in [-0.4, -0.2) is 5.11 Å². The zero-order valence-electron chi connectivity index (χ0n) is 11.0. The van der Waals surface area contributed by atoms with Crippen LogP contribution in [0.25, 0.3) is 0 Å². The van der Waals surface area contributed by atoms with E-state index in [1.807, 2.05) is 6.92 Å². The monoisotopic (exact) mass is 316 g/mol. The number of halogens is 4. The lowest BCUT2D eigenvalue weighted by atomic mass is 10.1. The van der Waals surface area contributed by atoms with Crippen LogP contribution in [-0.2, 0) is 12.6 Å². The molecule has 0 radical (unpaired) electrons. The minimum absolute atomic E-state index is 0.0497. The van der Waals surface area contributed by atoms with Crippen molar-refractivity contribution in [1.29, 1.82) is 0 Å². The SMILES string of the molecule is CCc1ccc(Oc2ccc(O)c(C(F)(F)F)c2)c(Cl)c1. The van der Waals surface area contributed by atoms with Crippen molar-refractivity contribution in [3.8, 4) is 17.2 Å². The predicted octanol–water partition coefficient (Wildman–Crippen LogP) is 5.42. The van der Waals surface area contributed by atoms with E-state index >= 15 is 0 Å². The van der Waals surface area contributed by atoms with Crippen LogP contribution >= 0.6 is 11.6 Å². The zero-order valence-corrected chi connectivity index (χ0v) is 11.8. The minimum Gasteiger partial charge on any atom is -0.507 e. The molecule has 0 unspecified atom stereocenters. The summed E-state index contributed by atoms with van der Waals surface area (Å²) in [6, 6.07) is 8.00. The Morgan fingerprint density at radius 3 is 2.43 bits per heavy atom. The van der Waals surface area contributed by atoms with Gasteiger partial charge in [0, 0.05) is 0 Å². The molecule has 0 aliphatic carbocycles. The van der Waals surface area contributed by atoms with Crippen molar-refractivity contribution < 1.29 is 23.0 Å². The summed E-state index contributed by atoms with van der Waals surface area (Å²) in [7, 11) is 0. The molecule has 112 valence electrons. The Balaban J connectivity index is 2.32. The number of aryl methyl sites for hydroxylation is 1. The number of phenols is 1. The third-order valence-electron chi connectivity index (χ3n) is 2.91. The highest BCUT2D eigenvalue weighted by Gasteiger charge is 2.34. The second kappa shape index (κ2) is 5.85. The van der Waals surface area contributed by atoms with Crippen molar-refractivity contribution in [2.75, 3.05) is 0 Å². The summed E-state index contributed by atoms with van der Waals surface area (Å²) in [5.41, 5.74) is -0.157. The van der Waals surface area contributed by atoms with Gasteiger partial charge in [0.15, 0.2) is 0 Å². The van der Waals surface area contributed by atoms with Crippen LogP contribution in [0.3, 0.4) is 0 Å². The van der Waals surface area contributed by atoms with Gasteiger partial charge < -0.3 is 9.84 Å². The summed E-state index contributed by atoms with van der Waals surface area (Å²) in [5, 5.41) is 9.57. The number of hydrogen-bond acceptors (Lipinski definition) is 2. The van der Waals surface area contributed by atoms with E-state index in [1.54, 1.807) is 18.2 Å². The summed E-state index contributed by atoms with van der Waals surface area (Å²) in [5.74, 6) is -0.638. The summed E-state index contributed by atoms with van der Waals surface area (Å²) in [4.78, 5) is 0. The molecule has 6 heteroatoms. The Hall–Kier alpha value is -1.88. The van der Waals surface area contributed by atoms with Crippen LogP contribution in [0.5, 0.6) is 17.2 Å². The fourth-order valence-corrected chi connectivity index (χ4v) is 2.02. The van der Waals surface area contributed by atoms with Gasteiger partial charge in [-0.2, -0.15) is 13.2 Å². The van der Waals surface area contributed by atoms with E-state index in [0.717, 1.165) is 24.1 Å². The van der Waals surface area contributed by atoms with Gasteiger partial charge in [-0.3, -0.25) is 0 Å². The number of alkyl halides is 3. The summed E-state index contributed by atoms with van der Waals surface area (Å²) >= 11 is 6.02. The number of rotatable bonds is 3. The first-order valence-electron chi connectivity index (χ1n) is 6.17. The summed E-state index contributed by atoms with van der Waals surface area (Å²) in [6.07, 6.45) is -3.86. The molecular weight excluding hydrogens is 305 g/mol. The zero-order chi connectivity index (χ0) is 15.6. The third kappa shape index (κ3) is 3.61. The molecule has 2 aromatic carbocycles. The average Bonchev–Trinajstić information content (AvgIpc) is 2.41. The maximum atomic E-state index is 12.7. The van der Waals surface area contributed by atoms with Gasteiger partial charge in [-0.05, 0) is 42.3 Å². The fraction of sp³-hybridized carbons (Fsp3) is 0.200. The van der Waals surface area contributed by atoms with E-state index in [1.165, 1.54) is 6.07 Å². The molecular formula is C15H12ClF3O2. The van der Waals surface area contributed by atoms with E-state index in [4.69, 9.17) is 16.3 Å². The Bertz CT molecular complexity index is 654. The quantitative estimate of drug-likeness (QED) is 0.819. The van der Waals surface area contributed by atoms with E-state index in [0.29, 0.717) is 5.02 Å². The predicted molar refractivity (Wildman–Crippen MR) is 74.0 cm³/mol. The molecule has 2 nitrogen and oxygen atoms in total. The maximum Gasteiger partial charge on any atom is 0.420 e. The lowest BCUT2D eigenvalue weighted by Gasteiger charge is -2.12. The molecule has 0 aliphatic rings. The number of ether oxygens (including phenoxy) is 1. The Labute approximate surface area is 124 Å². The summed E-state index contributed by atoms with van der Waals surface area (Å²) < 4.78 is 43.5. The first-order valence-corrected chi connectivity index (χ1v) is 6.55. The molecule has 0 saturated heterocycles. The number of phenolic OH excluding ortho intramolecular Hbond substituents is 1. The number of hydrogen-bond donors (Lipinski definition) is 1. The van der Waals surface area contributed by atoms with Crippen molar-refractivity contribution in [2.24, 2.45) is 0 Å². The normalized spacial score (nSPS) is 11.5. The van der Waals surface area contributed by atoms with E-state index in [-0.39, 0.29) is 11.5 Å². The van der Waals surface area contributed by atoms with Gasteiger partial charge in [-0.1, -0.05) is 24.6 Å². The molecule has 0 saturated carbocycles. The maximum absolute atomic E-state index is 12.7. The second-order valence-corrected chi connectivity index (χ2v) is 4.80. The van der Waals surface area contributed by atoms with Crippen molar-refractivity contribution in [2.45, 2.75) is 19.5 Å². The van der Waals surface area contributed by atoms with Gasteiger partial charge in [0.25, 0.3) is 0 Å². The molecule has 2 aromatic rings. The Morgan fingerprint density at radius 2 is 1.86 bits per heavy atom. The molecule has 0 atom stereocenters. The second-order valence-electron chi connectivity index (χ2n) is 4.40. The molecule has 2 rings (SSSR count). The van der Waals surface area contributed by atoms with Crippen molar-refractivity contribution in [3.63, 3.8) is 0 Å². The lowest BCUT2D eigenvalue weighted by Crippen LogP contribution is -2.05. The first-order chi connectivity index (χ1) is 9.81. The molecule has 0 aliphatic heterocycles. The van der Waals surface area contributed by atoms with Crippen molar-refractivity contribution in [1.82, 2.24) is 0 Å². The van der Waals surface area contributed by atoms with Gasteiger partial charge in [-0.15, -0.1) is 0 Å². The largest absolute Gasteiger partial charge is 0.507 e. The van der Waals surface area contributed by atoms with Crippen LogP contribution in [0, 0.1) is 0 Å². The standard InChI is InChI=1S/C15H12ClF3O2/c1-2-9-3-6-14(12(16)7-9)21-10-4-5-13(20)11(8-10)15(17,18)19/h3-8,20H,2H2,1H3. The van der Waals surface area contributed by atoms with Crippen molar-refractivity contribution >= 4 is 11.6 Å². The van der Waals surface area contributed by atoms with Crippen molar-refractivity contribution in [3.05, 3.63) is 52.5 Å². The van der Waals surface area contributed by atoms with E-state index in [2.05, 4.69) is 0 Å². The van der Waals surface area contributed by atoms with E-state index in [9.17, 15) is 18.3 Å². The van der Waals surface area contributed by atoms with E-state index < -0.39 is 17.5 Å². The molecule has 0 spiro atoms. The van der Waals surface area contributed by atoms with Gasteiger partial charge in [0.2, 0.25) is 0 Å². The van der Waals surface area contributed by atoms with Gasteiger partial charge in [0.05, 0.1) is 5.02 Å². The fourth-order valence-electron chi connectivity index (χ4n) is 1.78. The lowest BCUT2D eigenvalue weighted by molar-refractivity contribution is -0.138. The number of aromatic hydroxyl groups is 1. The van der Waals surface area contributed by atoms with Gasteiger partial charge in [-0.25, -0.2) is 0 Å². The highest BCUT2D eigenvalue weighted by atomic mass is 35.5. The first kappa shape index (κ1) is 15.5. The topological polar surface area (TPSA) is 29.5 Å². The Morgan fingerprint density at radius 1 is 1.14 bits per heavy atom. The average molecular weight is 317 g/mol. The summed E-state index contributed by atoms with van der Waals surface area (Å²) in [6.45, 7) is 1.96. The van der Waals surface area contributed by atoms with Gasteiger partial charge in [0.1, 0.15) is 22.8 Å². The highest BCUT2D eigenvalue weighted by molar-refractivity contribution is 6.32. The highest BCUT2D eigenvalue weighted by Crippen LogP contribution is 2.39. The molecule has 21 heavy (non-hydrogen) atoms. The Kier molecular flexibility index (Phi) is 4.32. The third-order valence-corrected chi connectivity index (χ3v) is 3.20. The molecule has 0 bridgehead atoms. The van der Waals surface area contributed by atoms with Crippen LogP contribution in [0.2, 0.25) is 5.02 Å². The van der Waals surface area contributed by atoms with Crippen LogP contribution in [0.1, 0.15) is 18.1 Å². The minimum atomic E-state index is -4.65. The number of benzene rings is 2. The van der Waals surface area contributed by atoms with Gasteiger partial charge >= 0.3 is 6.18 Å². The van der Waals surface area contributed by atoms with Crippen LogP contribution < -0.4 is 4.74 Å². The molecule has 0 amide bonds. The van der Waals surface area contributed by atoms with Crippen LogP contribution in [0.4, 0.5) is 13.2 Å². The molecule has 1 N–H and O–H groups in total. The smallest absolute Gasteiger partial charge is 0.420 e.